The second kappa shape index (κ2) is 3.59. The molecule has 1 rings (SSSR count). The van der Waals surface area contributed by atoms with Gasteiger partial charge in [-0.1, -0.05) is 0 Å². The molecule has 14 heavy (non-hydrogen) atoms. The summed E-state index contributed by atoms with van der Waals surface area (Å²) in [5.41, 5.74) is -0.532. The summed E-state index contributed by atoms with van der Waals surface area (Å²) in [7, 11) is 0. The maximum Gasteiger partial charge on any atom is 0.310 e. The average Bonchev–Trinajstić information content (AvgIpc) is 1.75. The molecule has 0 heterocycles. The van der Waals surface area contributed by atoms with Crippen molar-refractivity contribution in [1.29, 1.82) is 0 Å². The first kappa shape index (κ1) is 11.0. The van der Waals surface area contributed by atoms with Crippen molar-refractivity contribution in [3.63, 3.8) is 0 Å². The summed E-state index contributed by atoms with van der Waals surface area (Å²) in [5, 5.41) is 8.74. The first-order chi connectivity index (χ1) is 6.31. The van der Waals surface area contributed by atoms with Crippen LogP contribution in [0.15, 0.2) is 0 Å². The summed E-state index contributed by atoms with van der Waals surface area (Å²) in [4.78, 5) is 22.1. The van der Waals surface area contributed by atoms with Gasteiger partial charge in [-0.05, 0) is 33.6 Å². The van der Waals surface area contributed by atoms with E-state index in [1.165, 1.54) is 0 Å². The Labute approximate surface area is 83.2 Å². The average molecular weight is 200 g/mol. The van der Waals surface area contributed by atoms with Crippen LogP contribution in [-0.4, -0.2) is 22.6 Å². The van der Waals surface area contributed by atoms with E-state index in [1.807, 2.05) is 0 Å². The van der Waals surface area contributed by atoms with Gasteiger partial charge in [-0.2, -0.15) is 0 Å². The van der Waals surface area contributed by atoms with Crippen molar-refractivity contribution in [2.75, 3.05) is 0 Å². The van der Waals surface area contributed by atoms with Crippen molar-refractivity contribution >= 4 is 11.9 Å². The first-order valence-electron chi connectivity index (χ1n) is 4.77. The number of carbonyl (C=O) groups is 2. The fraction of sp³-hybridized carbons (Fsp3) is 0.800. The van der Waals surface area contributed by atoms with Crippen LogP contribution in [0, 0.1) is 11.8 Å². The molecule has 2 atom stereocenters. The van der Waals surface area contributed by atoms with E-state index >= 15 is 0 Å². The Morgan fingerprint density at radius 2 is 1.71 bits per heavy atom. The summed E-state index contributed by atoms with van der Waals surface area (Å²) in [6.45, 7) is 5.33. The van der Waals surface area contributed by atoms with Crippen LogP contribution >= 0.6 is 0 Å². The second-order valence-corrected chi connectivity index (χ2v) is 4.66. The Balaban J connectivity index is 2.51. The van der Waals surface area contributed by atoms with Crippen molar-refractivity contribution in [2.45, 2.75) is 39.2 Å². The van der Waals surface area contributed by atoms with Gasteiger partial charge in [0.15, 0.2) is 0 Å². The molecule has 4 heteroatoms. The van der Waals surface area contributed by atoms with Gasteiger partial charge < -0.3 is 9.84 Å². The number of carbonyl (C=O) groups excluding carboxylic acids is 1. The molecular weight excluding hydrogens is 184 g/mol. The summed E-state index contributed by atoms with van der Waals surface area (Å²) < 4.78 is 5.12. The van der Waals surface area contributed by atoms with Gasteiger partial charge in [-0.25, -0.2) is 0 Å². The lowest BCUT2D eigenvalue weighted by Crippen LogP contribution is -2.41. The van der Waals surface area contributed by atoms with Crippen LogP contribution in [0.1, 0.15) is 33.6 Å². The fourth-order valence-electron chi connectivity index (χ4n) is 1.46. The molecule has 1 saturated carbocycles. The third-order valence-corrected chi connectivity index (χ3v) is 2.30. The molecule has 0 saturated heterocycles. The highest BCUT2D eigenvalue weighted by molar-refractivity contribution is 5.83. The van der Waals surface area contributed by atoms with Crippen molar-refractivity contribution < 1.29 is 19.4 Å². The monoisotopic (exact) mass is 200 g/mol. The number of carboxylic acids is 1. The van der Waals surface area contributed by atoms with Crippen LogP contribution in [0.5, 0.6) is 0 Å². The third kappa shape index (κ3) is 2.47. The van der Waals surface area contributed by atoms with Gasteiger partial charge in [0.25, 0.3) is 0 Å². The van der Waals surface area contributed by atoms with Crippen LogP contribution in [0.3, 0.4) is 0 Å². The van der Waals surface area contributed by atoms with Crippen LogP contribution in [0.2, 0.25) is 0 Å². The largest absolute Gasteiger partial charge is 0.481 e. The minimum atomic E-state index is -0.896. The number of ether oxygens (including phenoxy) is 1. The molecule has 0 radical (unpaired) electrons. The predicted molar refractivity (Wildman–Crippen MR) is 49.7 cm³/mol. The van der Waals surface area contributed by atoms with Crippen molar-refractivity contribution in [3.05, 3.63) is 0 Å². The zero-order chi connectivity index (χ0) is 10.9. The molecular formula is C10H16O4. The lowest BCUT2D eigenvalue weighted by Gasteiger charge is -2.33. The molecule has 0 unspecified atom stereocenters. The van der Waals surface area contributed by atoms with E-state index in [0.717, 1.165) is 0 Å². The second-order valence-electron chi connectivity index (χ2n) is 4.66. The van der Waals surface area contributed by atoms with E-state index in [9.17, 15) is 9.59 Å². The van der Waals surface area contributed by atoms with Crippen LogP contribution in [0.25, 0.3) is 0 Å². The van der Waals surface area contributed by atoms with E-state index in [2.05, 4.69) is 0 Å². The van der Waals surface area contributed by atoms with E-state index in [1.54, 1.807) is 20.8 Å². The molecule has 1 aliphatic rings. The summed E-state index contributed by atoms with van der Waals surface area (Å²) in [6.07, 6.45) is 1.21. The molecule has 0 aliphatic heterocycles. The quantitative estimate of drug-likeness (QED) is 0.685. The van der Waals surface area contributed by atoms with Crippen LogP contribution in [-0.2, 0) is 14.3 Å². The molecule has 4 nitrogen and oxygen atoms in total. The van der Waals surface area contributed by atoms with Gasteiger partial charge in [0.1, 0.15) is 5.60 Å². The Bertz CT molecular complexity index is 251. The summed E-state index contributed by atoms with van der Waals surface area (Å²) in [6, 6.07) is 0. The van der Waals surface area contributed by atoms with Gasteiger partial charge in [0.05, 0.1) is 11.8 Å². The Hall–Kier alpha value is -1.06. The van der Waals surface area contributed by atoms with E-state index < -0.39 is 23.4 Å². The highest BCUT2D eigenvalue weighted by Gasteiger charge is 2.43. The van der Waals surface area contributed by atoms with Crippen molar-refractivity contribution in [3.8, 4) is 0 Å². The third-order valence-electron chi connectivity index (χ3n) is 2.30. The number of aliphatic carboxylic acids is 1. The Morgan fingerprint density at radius 1 is 1.21 bits per heavy atom. The standard InChI is InChI=1S/C10H16O4/c1-10(2,3)14-9(13)7-5-4-6(7)8(11)12/h6-7H,4-5H2,1-3H3,(H,11,12)/t6-,7-/m1/s1. The molecule has 1 N–H and O–H groups in total. The fourth-order valence-corrected chi connectivity index (χ4v) is 1.46. The Morgan fingerprint density at radius 3 is 2.00 bits per heavy atom. The number of carboxylic acid groups (broad SMARTS) is 1. The minimum Gasteiger partial charge on any atom is -0.481 e. The van der Waals surface area contributed by atoms with Gasteiger partial charge in [-0.15, -0.1) is 0 Å². The zero-order valence-electron chi connectivity index (χ0n) is 8.74. The maximum atomic E-state index is 11.5. The number of hydrogen-bond donors (Lipinski definition) is 1. The number of esters is 1. The first-order valence-corrected chi connectivity index (χ1v) is 4.77. The maximum absolute atomic E-state index is 11.5. The lowest BCUT2D eigenvalue weighted by molar-refractivity contribution is -0.172. The normalized spacial score (nSPS) is 26.5. The molecule has 0 aromatic carbocycles. The van der Waals surface area contributed by atoms with Crippen LogP contribution in [0.4, 0.5) is 0 Å². The van der Waals surface area contributed by atoms with Crippen LogP contribution < -0.4 is 0 Å². The van der Waals surface area contributed by atoms with Gasteiger partial charge in [-0.3, -0.25) is 9.59 Å². The van der Waals surface area contributed by atoms with E-state index in [0.29, 0.717) is 12.8 Å². The molecule has 80 valence electrons. The van der Waals surface area contributed by atoms with E-state index in [-0.39, 0.29) is 5.97 Å². The van der Waals surface area contributed by atoms with Gasteiger partial charge in [0.2, 0.25) is 0 Å². The lowest BCUT2D eigenvalue weighted by atomic mass is 9.73. The molecule has 0 bridgehead atoms. The predicted octanol–water partition coefficient (Wildman–Crippen LogP) is 1.44. The van der Waals surface area contributed by atoms with Crippen molar-refractivity contribution in [2.24, 2.45) is 11.8 Å². The molecule has 0 spiro atoms. The minimum absolute atomic E-state index is 0.379. The highest BCUT2D eigenvalue weighted by Crippen LogP contribution is 2.36. The molecule has 0 aromatic rings. The van der Waals surface area contributed by atoms with Gasteiger partial charge in [0, 0.05) is 0 Å². The Kier molecular flexibility index (Phi) is 2.83. The van der Waals surface area contributed by atoms with E-state index in [4.69, 9.17) is 9.84 Å². The molecule has 1 fully saturated rings. The van der Waals surface area contributed by atoms with Gasteiger partial charge >= 0.3 is 11.9 Å². The highest BCUT2D eigenvalue weighted by atomic mass is 16.6. The number of rotatable bonds is 2. The molecule has 1 aliphatic carbocycles. The summed E-state index contributed by atoms with van der Waals surface area (Å²) in [5.74, 6) is -2.25. The molecule has 0 amide bonds. The van der Waals surface area contributed by atoms with Crippen molar-refractivity contribution in [1.82, 2.24) is 0 Å². The smallest absolute Gasteiger partial charge is 0.310 e. The number of hydrogen-bond acceptors (Lipinski definition) is 3. The zero-order valence-corrected chi connectivity index (χ0v) is 8.74. The topological polar surface area (TPSA) is 63.6 Å². The molecule has 0 aromatic heterocycles. The summed E-state index contributed by atoms with van der Waals surface area (Å²) >= 11 is 0. The SMILES string of the molecule is CC(C)(C)OC(=O)[C@@H]1CC[C@H]1C(=O)O.